The van der Waals surface area contributed by atoms with Gasteiger partial charge < -0.3 is 10.3 Å². The van der Waals surface area contributed by atoms with Crippen molar-refractivity contribution >= 4 is 0 Å². The molecule has 1 aromatic rings. The van der Waals surface area contributed by atoms with Gasteiger partial charge in [0.1, 0.15) is 0 Å². The van der Waals surface area contributed by atoms with Crippen LogP contribution >= 0.6 is 0 Å². The topological polar surface area (TPSA) is 47.1 Å². The Morgan fingerprint density at radius 3 is 2.61 bits per heavy atom. The van der Waals surface area contributed by atoms with Gasteiger partial charge in [-0.3, -0.25) is 4.90 Å². The van der Waals surface area contributed by atoms with Crippen molar-refractivity contribution in [3.05, 3.63) is 18.2 Å². The molecule has 0 aliphatic heterocycles. The van der Waals surface area contributed by atoms with Crippen LogP contribution in [0.5, 0.6) is 0 Å². The summed E-state index contributed by atoms with van der Waals surface area (Å²) in [7, 11) is 0. The minimum absolute atomic E-state index is 0.284. The van der Waals surface area contributed by atoms with E-state index >= 15 is 0 Å². The molecule has 1 aromatic heterocycles. The number of hydrogen-bond acceptors (Lipinski definition) is 3. The summed E-state index contributed by atoms with van der Waals surface area (Å²) in [5, 5.41) is 0. The van der Waals surface area contributed by atoms with E-state index < -0.39 is 0 Å². The Hall–Kier alpha value is -0.870. The van der Waals surface area contributed by atoms with Gasteiger partial charge in [-0.1, -0.05) is 27.7 Å². The molecule has 0 fully saturated rings. The molecule has 18 heavy (non-hydrogen) atoms. The number of hydrogen-bond donors (Lipinski definition) is 1. The van der Waals surface area contributed by atoms with Crippen LogP contribution in [0.2, 0.25) is 0 Å². The molecule has 1 atom stereocenters. The fourth-order valence-corrected chi connectivity index (χ4v) is 2.44. The summed E-state index contributed by atoms with van der Waals surface area (Å²) in [5.41, 5.74) is 7.25. The van der Waals surface area contributed by atoms with Gasteiger partial charge in [0.05, 0.1) is 18.1 Å². The van der Waals surface area contributed by atoms with Crippen molar-refractivity contribution < 1.29 is 0 Å². The maximum Gasteiger partial charge on any atom is 0.0948 e. The molecule has 4 nitrogen and oxygen atoms in total. The van der Waals surface area contributed by atoms with E-state index in [0.29, 0.717) is 12.5 Å². The monoisotopic (exact) mass is 252 g/mol. The Morgan fingerprint density at radius 1 is 1.39 bits per heavy atom. The molecule has 0 aliphatic carbocycles. The molecule has 0 aromatic carbocycles. The average molecular weight is 252 g/mol. The Balaban J connectivity index is 2.88. The van der Waals surface area contributed by atoms with Crippen LogP contribution in [-0.4, -0.2) is 34.1 Å². The first-order valence-corrected chi connectivity index (χ1v) is 7.08. The summed E-state index contributed by atoms with van der Waals surface area (Å²) in [6.45, 7) is 12.7. The predicted molar refractivity (Wildman–Crippen MR) is 76.4 cm³/mol. The summed E-state index contributed by atoms with van der Waals surface area (Å²) in [6, 6.07) is 0.284. The zero-order valence-corrected chi connectivity index (χ0v) is 12.3. The van der Waals surface area contributed by atoms with Crippen LogP contribution in [0.3, 0.4) is 0 Å². The molecular formula is C14H28N4. The molecule has 0 bridgehead atoms. The highest BCUT2D eigenvalue weighted by Crippen LogP contribution is 2.20. The summed E-state index contributed by atoms with van der Waals surface area (Å²) in [4.78, 5) is 6.74. The van der Waals surface area contributed by atoms with Crippen LogP contribution in [0.1, 0.15) is 45.9 Å². The highest BCUT2D eigenvalue weighted by atomic mass is 15.2. The highest BCUT2D eigenvalue weighted by molar-refractivity contribution is 5.06. The second kappa shape index (κ2) is 7.54. The number of nitrogens with two attached hydrogens (primary N) is 1. The Morgan fingerprint density at radius 2 is 2.11 bits per heavy atom. The van der Waals surface area contributed by atoms with E-state index in [2.05, 4.69) is 42.1 Å². The summed E-state index contributed by atoms with van der Waals surface area (Å²) >= 11 is 0. The van der Waals surface area contributed by atoms with E-state index in [1.165, 1.54) is 5.69 Å². The first kappa shape index (κ1) is 15.2. The van der Waals surface area contributed by atoms with Gasteiger partial charge >= 0.3 is 0 Å². The Bertz CT molecular complexity index is 332. The third-order valence-corrected chi connectivity index (χ3v) is 3.22. The van der Waals surface area contributed by atoms with E-state index in [0.717, 1.165) is 26.1 Å². The number of nitrogens with zero attached hydrogens (tertiary/aromatic N) is 3. The summed E-state index contributed by atoms with van der Waals surface area (Å²) < 4.78 is 2.24. The van der Waals surface area contributed by atoms with Gasteiger partial charge in [0, 0.05) is 25.8 Å². The minimum Gasteiger partial charge on any atom is -0.333 e. The van der Waals surface area contributed by atoms with Crippen LogP contribution in [-0.2, 0) is 6.54 Å². The number of aromatic nitrogens is 2. The third-order valence-electron chi connectivity index (χ3n) is 3.22. The lowest BCUT2D eigenvalue weighted by Crippen LogP contribution is -2.37. The van der Waals surface area contributed by atoms with Gasteiger partial charge in [-0.05, 0) is 18.9 Å². The number of rotatable bonds is 8. The van der Waals surface area contributed by atoms with E-state index in [1.807, 2.05) is 12.5 Å². The van der Waals surface area contributed by atoms with E-state index in [9.17, 15) is 0 Å². The quantitative estimate of drug-likeness (QED) is 0.772. The fourth-order valence-electron chi connectivity index (χ4n) is 2.44. The van der Waals surface area contributed by atoms with Crippen LogP contribution < -0.4 is 5.73 Å². The predicted octanol–water partition coefficient (Wildman–Crippen LogP) is 2.27. The van der Waals surface area contributed by atoms with Crippen LogP contribution in [0.25, 0.3) is 0 Å². The average Bonchev–Trinajstić information content (AvgIpc) is 2.77. The van der Waals surface area contributed by atoms with Crippen molar-refractivity contribution in [2.45, 2.75) is 46.7 Å². The molecule has 1 heterocycles. The molecule has 0 amide bonds. The second-order valence-corrected chi connectivity index (χ2v) is 5.24. The molecule has 0 saturated heterocycles. The number of imidazole rings is 1. The molecule has 4 heteroatoms. The number of aryl methyl sites for hydroxylation is 1. The SMILES string of the molecule is CCCn1cncc1C(CN)N(CC)CC(C)C. The van der Waals surface area contributed by atoms with Crippen molar-refractivity contribution in [3.63, 3.8) is 0 Å². The zero-order chi connectivity index (χ0) is 13.5. The van der Waals surface area contributed by atoms with Crippen LogP contribution in [0.15, 0.2) is 12.5 Å². The smallest absolute Gasteiger partial charge is 0.0948 e. The first-order valence-electron chi connectivity index (χ1n) is 7.08. The lowest BCUT2D eigenvalue weighted by Gasteiger charge is -2.31. The van der Waals surface area contributed by atoms with Gasteiger partial charge in [0.25, 0.3) is 0 Å². The van der Waals surface area contributed by atoms with Gasteiger partial charge in [0.2, 0.25) is 0 Å². The van der Waals surface area contributed by atoms with Crippen LogP contribution in [0, 0.1) is 5.92 Å². The second-order valence-electron chi connectivity index (χ2n) is 5.24. The normalized spacial score (nSPS) is 13.5. The molecule has 104 valence electrons. The highest BCUT2D eigenvalue weighted by Gasteiger charge is 2.21. The standard InChI is InChI=1S/C14H28N4/c1-5-7-18-11-16-9-14(18)13(8-15)17(6-2)10-12(3)4/h9,11-13H,5-8,10,15H2,1-4H3. The molecule has 2 N–H and O–H groups in total. The van der Waals surface area contributed by atoms with Crippen LogP contribution in [0.4, 0.5) is 0 Å². The van der Waals surface area contributed by atoms with E-state index in [-0.39, 0.29) is 6.04 Å². The van der Waals surface area contributed by atoms with E-state index in [1.54, 1.807) is 0 Å². The van der Waals surface area contributed by atoms with Gasteiger partial charge in [-0.15, -0.1) is 0 Å². The molecule has 1 unspecified atom stereocenters. The maximum absolute atomic E-state index is 6.00. The molecule has 1 rings (SSSR count). The Kier molecular flexibility index (Phi) is 6.36. The third kappa shape index (κ3) is 3.82. The Labute approximate surface area is 111 Å². The molecule has 0 saturated carbocycles. The molecular weight excluding hydrogens is 224 g/mol. The summed E-state index contributed by atoms with van der Waals surface area (Å²) in [6.07, 6.45) is 5.01. The fraction of sp³-hybridized carbons (Fsp3) is 0.786. The van der Waals surface area contributed by atoms with Gasteiger partial charge in [0.15, 0.2) is 0 Å². The number of likely N-dealkylation sites (N-methyl/N-ethyl adjacent to an activating group) is 1. The van der Waals surface area contributed by atoms with Crippen molar-refractivity contribution in [3.8, 4) is 0 Å². The van der Waals surface area contributed by atoms with Gasteiger partial charge in [-0.25, -0.2) is 4.98 Å². The molecule has 0 spiro atoms. The lowest BCUT2D eigenvalue weighted by molar-refractivity contribution is 0.182. The first-order chi connectivity index (χ1) is 8.63. The van der Waals surface area contributed by atoms with Crippen molar-refractivity contribution in [2.75, 3.05) is 19.6 Å². The van der Waals surface area contributed by atoms with Crippen molar-refractivity contribution in [2.24, 2.45) is 11.7 Å². The largest absolute Gasteiger partial charge is 0.333 e. The maximum atomic E-state index is 6.00. The van der Waals surface area contributed by atoms with Crippen molar-refractivity contribution in [1.29, 1.82) is 0 Å². The zero-order valence-electron chi connectivity index (χ0n) is 12.3. The summed E-state index contributed by atoms with van der Waals surface area (Å²) in [5.74, 6) is 0.654. The van der Waals surface area contributed by atoms with E-state index in [4.69, 9.17) is 5.73 Å². The van der Waals surface area contributed by atoms with Gasteiger partial charge in [-0.2, -0.15) is 0 Å². The lowest BCUT2D eigenvalue weighted by atomic mass is 10.1. The molecule has 0 aliphatic rings. The minimum atomic E-state index is 0.284. The molecule has 0 radical (unpaired) electrons. The van der Waals surface area contributed by atoms with Crippen molar-refractivity contribution in [1.82, 2.24) is 14.5 Å².